The molecule has 2 rings (SSSR count). The van der Waals surface area contributed by atoms with Gasteiger partial charge < -0.3 is 16.0 Å². The van der Waals surface area contributed by atoms with Crippen LogP contribution in [0.1, 0.15) is 55.1 Å². The third-order valence-electron chi connectivity index (χ3n) is 4.81. The summed E-state index contributed by atoms with van der Waals surface area (Å²) in [5, 5.41) is 8.58. The summed E-state index contributed by atoms with van der Waals surface area (Å²) in [5.41, 5.74) is 3.07. The van der Waals surface area contributed by atoms with E-state index in [2.05, 4.69) is 16.0 Å². The summed E-state index contributed by atoms with van der Waals surface area (Å²) in [6.07, 6.45) is 1.29. The number of amides is 3. The van der Waals surface area contributed by atoms with Gasteiger partial charge in [-0.2, -0.15) is 0 Å². The highest BCUT2D eigenvalue weighted by molar-refractivity contribution is 5.98. The van der Waals surface area contributed by atoms with Crippen molar-refractivity contribution in [2.75, 3.05) is 5.32 Å². The normalized spacial score (nSPS) is 11.6. The number of rotatable bonds is 9. The lowest BCUT2D eigenvalue weighted by Crippen LogP contribution is -2.49. The van der Waals surface area contributed by atoms with Crippen LogP contribution in [0.15, 0.2) is 48.5 Å². The first-order chi connectivity index (χ1) is 14.3. The van der Waals surface area contributed by atoms with Crippen LogP contribution in [0.5, 0.6) is 0 Å². The van der Waals surface area contributed by atoms with Crippen molar-refractivity contribution in [2.45, 2.75) is 53.1 Å². The van der Waals surface area contributed by atoms with Gasteiger partial charge in [0.05, 0.1) is 0 Å². The second-order valence-corrected chi connectivity index (χ2v) is 7.72. The second kappa shape index (κ2) is 11.1. The number of nitrogens with one attached hydrogen (secondary N) is 3. The standard InChI is InChI=1S/C24H31N3O3/c1-5-8-21(28)26-19-13-11-18(12-14-19)15-25-24(30)22(16(2)3)27-23(29)20-10-7-6-9-17(20)4/h6-7,9-14,16,22H,5,8,15H2,1-4H3,(H,25,30)(H,26,28)(H,27,29). The number of carbonyl (C=O) groups excluding carboxylic acids is 3. The van der Waals surface area contributed by atoms with Crippen LogP contribution in [0, 0.1) is 12.8 Å². The van der Waals surface area contributed by atoms with Crippen molar-refractivity contribution in [3.8, 4) is 0 Å². The average Bonchev–Trinajstić information content (AvgIpc) is 2.71. The highest BCUT2D eigenvalue weighted by Gasteiger charge is 2.24. The smallest absolute Gasteiger partial charge is 0.252 e. The molecule has 1 unspecified atom stereocenters. The summed E-state index contributed by atoms with van der Waals surface area (Å²) in [7, 11) is 0. The first kappa shape index (κ1) is 23.1. The highest BCUT2D eigenvalue weighted by Crippen LogP contribution is 2.12. The molecule has 0 heterocycles. The molecule has 0 spiro atoms. The number of aryl methyl sites for hydroxylation is 1. The number of hydrogen-bond donors (Lipinski definition) is 3. The van der Waals surface area contributed by atoms with Crippen LogP contribution < -0.4 is 16.0 Å². The molecule has 0 aliphatic heterocycles. The van der Waals surface area contributed by atoms with E-state index in [4.69, 9.17) is 0 Å². The number of anilines is 1. The zero-order valence-corrected chi connectivity index (χ0v) is 18.1. The Hall–Kier alpha value is -3.15. The summed E-state index contributed by atoms with van der Waals surface area (Å²) in [6.45, 7) is 7.96. The van der Waals surface area contributed by atoms with Crippen LogP contribution in [0.25, 0.3) is 0 Å². The topological polar surface area (TPSA) is 87.3 Å². The molecule has 0 aromatic heterocycles. The fourth-order valence-corrected chi connectivity index (χ4v) is 3.04. The minimum Gasteiger partial charge on any atom is -0.350 e. The van der Waals surface area contributed by atoms with Crippen molar-refractivity contribution in [3.63, 3.8) is 0 Å². The molecule has 3 N–H and O–H groups in total. The third kappa shape index (κ3) is 6.72. The van der Waals surface area contributed by atoms with Gasteiger partial charge in [0, 0.05) is 24.2 Å². The predicted octanol–water partition coefficient (Wildman–Crippen LogP) is 3.80. The molecule has 0 saturated heterocycles. The van der Waals surface area contributed by atoms with Gasteiger partial charge in [-0.15, -0.1) is 0 Å². The lowest BCUT2D eigenvalue weighted by molar-refractivity contribution is -0.124. The summed E-state index contributed by atoms with van der Waals surface area (Å²) >= 11 is 0. The van der Waals surface area contributed by atoms with Gasteiger partial charge in [0.1, 0.15) is 6.04 Å². The van der Waals surface area contributed by atoms with Gasteiger partial charge in [0.25, 0.3) is 5.91 Å². The number of hydrogen-bond acceptors (Lipinski definition) is 3. The molecule has 2 aromatic rings. The predicted molar refractivity (Wildman–Crippen MR) is 119 cm³/mol. The summed E-state index contributed by atoms with van der Waals surface area (Å²) in [4.78, 5) is 37.0. The van der Waals surface area contributed by atoms with E-state index in [0.29, 0.717) is 18.5 Å². The molecule has 0 bridgehead atoms. The van der Waals surface area contributed by atoms with Crippen molar-refractivity contribution in [1.29, 1.82) is 0 Å². The Morgan fingerprint density at radius 2 is 1.63 bits per heavy atom. The number of benzene rings is 2. The Bertz CT molecular complexity index is 876. The summed E-state index contributed by atoms with van der Waals surface area (Å²) < 4.78 is 0. The van der Waals surface area contributed by atoms with Crippen LogP contribution in [0.4, 0.5) is 5.69 Å². The molecule has 6 nitrogen and oxygen atoms in total. The van der Waals surface area contributed by atoms with E-state index in [-0.39, 0.29) is 23.6 Å². The zero-order chi connectivity index (χ0) is 22.1. The van der Waals surface area contributed by atoms with Gasteiger partial charge in [-0.05, 0) is 48.6 Å². The SMILES string of the molecule is CCCC(=O)Nc1ccc(CNC(=O)C(NC(=O)c2ccccc2C)C(C)C)cc1. The Labute approximate surface area is 178 Å². The van der Waals surface area contributed by atoms with Gasteiger partial charge >= 0.3 is 0 Å². The molecule has 30 heavy (non-hydrogen) atoms. The molecule has 1 atom stereocenters. The largest absolute Gasteiger partial charge is 0.350 e. The van der Waals surface area contributed by atoms with E-state index < -0.39 is 6.04 Å². The monoisotopic (exact) mass is 409 g/mol. The minimum atomic E-state index is -0.635. The van der Waals surface area contributed by atoms with Crippen LogP contribution in [-0.4, -0.2) is 23.8 Å². The fourth-order valence-electron chi connectivity index (χ4n) is 3.04. The van der Waals surface area contributed by atoms with Crippen LogP contribution in [0.2, 0.25) is 0 Å². The lowest BCUT2D eigenvalue weighted by atomic mass is 10.0. The third-order valence-corrected chi connectivity index (χ3v) is 4.81. The first-order valence-electron chi connectivity index (χ1n) is 10.3. The van der Waals surface area contributed by atoms with Gasteiger partial charge in [0.2, 0.25) is 11.8 Å². The van der Waals surface area contributed by atoms with Crippen LogP contribution >= 0.6 is 0 Å². The average molecular weight is 410 g/mol. The van der Waals surface area contributed by atoms with E-state index in [9.17, 15) is 14.4 Å². The van der Waals surface area contributed by atoms with Crippen LogP contribution in [-0.2, 0) is 16.1 Å². The molecule has 0 radical (unpaired) electrons. The summed E-state index contributed by atoms with van der Waals surface area (Å²) in [5.74, 6) is -0.557. The number of carbonyl (C=O) groups is 3. The lowest BCUT2D eigenvalue weighted by Gasteiger charge is -2.22. The van der Waals surface area contributed by atoms with Crippen molar-refractivity contribution in [1.82, 2.24) is 10.6 Å². The van der Waals surface area contributed by atoms with E-state index >= 15 is 0 Å². The van der Waals surface area contributed by atoms with E-state index in [1.165, 1.54) is 0 Å². The van der Waals surface area contributed by atoms with Gasteiger partial charge in [-0.3, -0.25) is 14.4 Å². The molecule has 2 aromatic carbocycles. The Kier molecular flexibility index (Phi) is 8.59. The molecule has 0 aliphatic rings. The molecule has 0 fully saturated rings. The highest BCUT2D eigenvalue weighted by atomic mass is 16.2. The van der Waals surface area contributed by atoms with Crippen LogP contribution in [0.3, 0.4) is 0 Å². The van der Waals surface area contributed by atoms with E-state index in [1.807, 2.05) is 64.1 Å². The molecule has 3 amide bonds. The van der Waals surface area contributed by atoms with Gasteiger partial charge in [-0.25, -0.2) is 0 Å². The molecule has 6 heteroatoms. The molecular formula is C24H31N3O3. The van der Waals surface area contributed by atoms with E-state index in [1.54, 1.807) is 12.1 Å². The molecule has 160 valence electrons. The molecular weight excluding hydrogens is 378 g/mol. The quantitative estimate of drug-likeness (QED) is 0.589. The maximum Gasteiger partial charge on any atom is 0.252 e. The zero-order valence-electron chi connectivity index (χ0n) is 18.1. The van der Waals surface area contributed by atoms with Gasteiger partial charge in [0.15, 0.2) is 0 Å². The first-order valence-corrected chi connectivity index (χ1v) is 10.3. The van der Waals surface area contributed by atoms with Crippen molar-refractivity contribution < 1.29 is 14.4 Å². The summed E-state index contributed by atoms with van der Waals surface area (Å²) in [6, 6.07) is 14.0. The van der Waals surface area contributed by atoms with Gasteiger partial charge in [-0.1, -0.05) is 51.1 Å². The Balaban J connectivity index is 1.94. The minimum absolute atomic E-state index is 0.0114. The second-order valence-electron chi connectivity index (χ2n) is 7.72. The molecule has 0 saturated carbocycles. The van der Waals surface area contributed by atoms with Crippen molar-refractivity contribution in [3.05, 3.63) is 65.2 Å². The molecule has 0 aliphatic carbocycles. The maximum atomic E-state index is 12.7. The Morgan fingerprint density at radius 1 is 0.967 bits per heavy atom. The van der Waals surface area contributed by atoms with E-state index in [0.717, 1.165) is 23.2 Å². The maximum absolute atomic E-state index is 12.7. The fraction of sp³-hybridized carbons (Fsp3) is 0.375. The Morgan fingerprint density at radius 3 is 2.23 bits per heavy atom. The van der Waals surface area contributed by atoms with Crippen molar-refractivity contribution in [2.24, 2.45) is 5.92 Å². The van der Waals surface area contributed by atoms with Crippen molar-refractivity contribution >= 4 is 23.4 Å².